The number of hydrogen-bond acceptors (Lipinski definition) is 3. The first kappa shape index (κ1) is 14.0. The van der Waals surface area contributed by atoms with Crippen LogP contribution in [0.25, 0.3) is 0 Å². The van der Waals surface area contributed by atoms with Crippen LogP contribution in [0.2, 0.25) is 0 Å². The van der Waals surface area contributed by atoms with E-state index in [0.717, 1.165) is 18.4 Å². The van der Waals surface area contributed by atoms with Crippen LogP contribution in [0.4, 0.5) is 0 Å². The maximum absolute atomic E-state index is 8.62. The van der Waals surface area contributed by atoms with Crippen LogP contribution < -0.4 is 0 Å². The third-order valence-electron chi connectivity index (χ3n) is 3.29. The minimum Gasteiger partial charge on any atom is -0.348 e. The van der Waals surface area contributed by atoms with Crippen molar-refractivity contribution in [3.63, 3.8) is 0 Å². The molecule has 0 aromatic heterocycles. The van der Waals surface area contributed by atoms with E-state index in [9.17, 15) is 0 Å². The molecule has 0 amide bonds. The number of ether oxygens (including phenoxy) is 2. The van der Waals surface area contributed by atoms with Crippen molar-refractivity contribution in [1.29, 1.82) is 5.26 Å². The zero-order chi connectivity index (χ0) is 13.7. The molecular formula is C16H21NO2. The van der Waals surface area contributed by atoms with E-state index in [1.807, 2.05) is 12.1 Å². The van der Waals surface area contributed by atoms with Crippen LogP contribution in [0.3, 0.4) is 0 Å². The Morgan fingerprint density at radius 2 is 1.95 bits per heavy atom. The summed E-state index contributed by atoms with van der Waals surface area (Å²) in [7, 11) is 0. The average molecular weight is 259 g/mol. The number of benzene rings is 1. The van der Waals surface area contributed by atoms with Gasteiger partial charge in [-0.05, 0) is 18.4 Å². The predicted octanol–water partition coefficient (Wildman–Crippen LogP) is 3.60. The summed E-state index contributed by atoms with van der Waals surface area (Å²) in [5.41, 5.74) is 2.42. The van der Waals surface area contributed by atoms with Crippen LogP contribution in [0.1, 0.15) is 44.1 Å². The van der Waals surface area contributed by atoms with Crippen LogP contribution in [0.5, 0.6) is 0 Å². The summed E-state index contributed by atoms with van der Waals surface area (Å²) in [6.45, 7) is 5.71. The van der Waals surface area contributed by atoms with E-state index in [0.29, 0.717) is 19.6 Å². The van der Waals surface area contributed by atoms with E-state index in [1.165, 1.54) is 5.56 Å². The fourth-order valence-electron chi connectivity index (χ4n) is 2.22. The molecule has 3 heteroatoms. The van der Waals surface area contributed by atoms with Gasteiger partial charge in [0, 0.05) is 17.4 Å². The fraction of sp³-hybridized carbons (Fsp3) is 0.562. The molecule has 1 saturated heterocycles. The molecule has 1 aliphatic heterocycles. The predicted molar refractivity (Wildman–Crippen MR) is 73.4 cm³/mol. The Bertz CT molecular complexity index is 452. The molecule has 1 aliphatic rings. The van der Waals surface area contributed by atoms with Crippen molar-refractivity contribution in [2.75, 3.05) is 13.2 Å². The molecule has 0 saturated carbocycles. The summed E-state index contributed by atoms with van der Waals surface area (Å²) in [5, 5.41) is 8.62. The topological polar surface area (TPSA) is 42.2 Å². The number of nitrogens with zero attached hydrogens (tertiary/aromatic N) is 1. The van der Waals surface area contributed by atoms with Crippen molar-refractivity contribution in [2.24, 2.45) is 5.41 Å². The molecule has 0 aliphatic carbocycles. The van der Waals surface area contributed by atoms with Gasteiger partial charge in [0.15, 0.2) is 6.29 Å². The normalized spacial score (nSPS) is 19.0. The average Bonchev–Trinajstić information content (AvgIpc) is 2.40. The molecule has 0 spiro atoms. The van der Waals surface area contributed by atoms with Crippen molar-refractivity contribution in [2.45, 2.75) is 39.4 Å². The van der Waals surface area contributed by atoms with Crippen molar-refractivity contribution in [1.82, 2.24) is 0 Å². The summed E-state index contributed by atoms with van der Waals surface area (Å²) in [5.74, 6) is 0. The summed E-state index contributed by atoms with van der Waals surface area (Å²) >= 11 is 0. The van der Waals surface area contributed by atoms with E-state index in [2.05, 4.69) is 32.0 Å². The highest BCUT2D eigenvalue weighted by Crippen LogP contribution is 2.32. The first-order valence-corrected chi connectivity index (χ1v) is 6.80. The number of unbranched alkanes of at least 4 members (excludes halogenated alkanes) is 1. The van der Waals surface area contributed by atoms with Gasteiger partial charge in [-0.2, -0.15) is 5.26 Å². The lowest BCUT2D eigenvalue weighted by atomic mass is 9.94. The monoisotopic (exact) mass is 259 g/mol. The van der Waals surface area contributed by atoms with E-state index in [-0.39, 0.29) is 11.7 Å². The second kappa shape index (κ2) is 6.18. The molecule has 1 fully saturated rings. The summed E-state index contributed by atoms with van der Waals surface area (Å²) in [4.78, 5) is 0. The third-order valence-corrected chi connectivity index (χ3v) is 3.29. The van der Waals surface area contributed by atoms with Crippen molar-refractivity contribution < 1.29 is 9.47 Å². The van der Waals surface area contributed by atoms with Gasteiger partial charge in [-0.25, -0.2) is 0 Å². The standard InChI is InChI=1S/C16H21NO2/c1-16(2)11-18-15(19-12-16)14-9-4-3-7-13(14)8-5-6-10-17/h3-4,7,9,15H,5-6,8,11-12H2,1-2H3. The smallest absolute Gasteiger partial charge is 0.184 e. The summed E-state index contributed by atoms with van der Waals surface area (Å²) in [6, 6.07) is 10.4. The second-order valence-electron chi connectivity index (χ2n) is 5.83. The molecule has 2 rings (SSSR count). The van der Waals surface area contributed by atoms with E-state index < -0.39 is 0 Å². The molecule has 0 bridgehead atoms. The molecular weight excluding hydrogens is 238 g/mol. The highest BCUT2D eigenvalue weighted by atomic mass is 16.7. The first-order chi connectivity index (χ1) is 9.12. The zero-order valence-corrected chi connectivity index (χ0v) is 11.7. The van der Waals surface area contributed by atoms with Crippen LogP contribution in [0, 0.1) is 16.7 Å². The SMILES string of the molecule is CC1(C)COC(c2ccccc2CCCC#N)OC1. The van der Waals surface area contributed by atoms with E-state index in [4.69, 9.17) is 14.7 Å². The minimum atomic E-state index is -0.258. The lowest BCUT2D eigenvalue weighted by Gasteiger charge is -2.35. The molecule has 0 unspecified atom stereocenters. The molecule has 19 heavy (non-hydrogen) atoms. The fourth-order valence-corrected chi connectivity index (χ4v) is 2.22. The summed E-state index contributed by atoms with van der Waals surface area (Å²) < 4.78 is 11.7. The molecule has 1 heterocycles. The molecule has 3 nitrogen and oxygen atoms in total. The van der Waals surface area contributed by atoms with Gasteiger partial charge in [-0.15, -0.1) is 0 Å². The van der Waals surface area contributed by atoms with Crippen LogP contribution in [-0.2, 0) is 15.9 Å². The molecule has 0 atom stereocenters. The Morgan fingerprint density at radius 1 is 1.26 bits per heavy atom. The van der Waals surface area contributed by atoms with Crippen molar-refractivity contribution >= 4 is 0 Å². The minimum absolute atomic E-state index is 0.0895. The highest BCUT2D eigenvalue weighted by Gasteiger charge is 2.29. The molecule has 1 aromatic carbocycles. The van der Waals surface area contributed by atoms with E-state index >= 15 is 0 Å². The molecule has 1 aromatic rings. The van der Waals surface area contributed by atoms with Gasteiger partial charge in [-0.3, -0.25) is 0 Å². The number of rotatable bonds is 4. The van der Waals surface area contributed by atoms with Gasteiger partial charge in [0.1, 0.15) is 0 Å². The molecule has 102 valence electrons. The van der Waals surface area contributed by atoms with Gasteiger partial charge < -0.3 is 9.47 Å². The van der Waals surface area contributed by atoms with E-state index in [1.54, 1.807) is 0 Å². The zero-order valence-electron chi connectivity index (χ0n) is 11.7. The lowest BCUT2D eigenvalue weighted by molar-refractivity contribution is -0.226. The Morgan fingerprint density at radius 3 is 2.63 bits per heavy atom. The summed E-state index contributed by atoms with van der Waals surface area (Å²) in [6.07, 6.45) is 2.11. The quantitative estimate of drug-likeness (QED) is 0.776. The third kappa shape index (κ3) is 3.79. The maximum Gasteiger partial charge on any atom is 0.184 e. The van der Waals surface area contributed by atoms with Crippen molar-refractivity contribution in [3.05, 3.63) is 35.4 Å². The number of hydrogen-bond donors (Lipinski definition) is 0. The van der Waals surface area contributed by atoms with Crippen LogP contribution in [-0.4, -0.2) is 13.2 Å². The maximum atomic E-state index is 8.62. The largest absolute Gasteiger partial charge is 0.348 e. The van der Waals surface area contributed by atoms with Gasteiger partial charge in [-0.1, -0.05) is 38.1 Å². The van der Waals surface area contributed by atoms with Gasteiger partial charge >= 0.3 is 0 Å². The Hall–Kier alpha value is -1.37. The van der Waals surface area contributed by atoms with Crippen molar-refractivity contribution in [3.8, 4) is 6.07 Å². The second-order valence-corrected chi connectivity index (χ2v) is 5.83. The Labute approximate surface area is 115 Å². The Kier molecular flexibility index (Phi) is 4.57. The first-order valence-electron chi connectivity index (χ1n) is 6.80. The van der Waals surface area contributed by atoms with Gasteiger partial charge in [0.05, 0.1) is 19.3 Å². The highest BCUT2D eigenvalue weighted by molar-refractivity contribution is 5.28. The molecule has 0 N–H and O–H groups in total. The van der Waals surface area contributed by atoms with Crippen LogP contribution >= 0.6 is 0 Å². The number of aryl methyl sites for hydroxylation is 1. The Balaban J connectivity index is 2.05. The number of nitriles is 1. The van der Waals surface area contributed by atoms with Gasteiger partial charge in [0.25, 0.3) is 0 Å². The van der Waals surface area contributed by atoms with Crippen LogP contribution in [0.15, 0.2) is 24.3 Å². The lowest BCUT2D eigenvalue weighted by Crippen LogP contribution is -2.34. The van der Waals surface area contributed by atoms with Gasteiger partial charge in [0.2, 0.25) is 0 Å². The molecule has 0 radical (unpaired) electrons.